The summed E-state index contributed by atoms with van der Waals surface area (Å²) in [6, 6.07) is 13.0. The largest absolute Gasteiger partial charge is 0.308 e. The Hall–Kier alpha value is -1.87. The van der Waals surface area contributed by atoms with E-state index in [9.17, 15) is 4.79 Å². The molecule has 1 amide bonds. The monoisotopic (exact) mass is 288 g/mol. The molecule has 0 aliphatic rings. The van der Waals surface area contributed by atoms with Crippen LogP contribution in [0.3, 0.4) is 0 Å². The average Bonchev–Trinajstić information content (AvgIpc) is 2.49. The van der Waals surface area contributed by atoms with Gasteiger partial charge in [-0.15, -0.1) is 0 Å². The molecule has 1 heterocycles. The van der Waals surface area contributed by atoms with E-state index in [1.165, 1.54) is 6.20 Å². The van der Waals surface area contributed by atoms with E-state index in [2.05, 4.69) is 11.9 Å². The molecule has 20 heavy (non-hydrogen) atoms. The van der Waals surface area contributed by atoms with Gasteiger partial charge in [-0.25, -0.2) is 4.98 Å². The van der Waals surface area contributed by atoms with Crippen molar-refractivity contribution in [2.45, 2.75) is 19.8 Å². The first-order chi connectivity index (χ1) is 9.72. The molecule has 4 heteroatoms. The normalized spacial score (nSPS) is 10.3. The third-order valence-electron chi connectivity index (χ3n) is 3.02. The first-order valence-electron chi connectivity index (χ1n) is 6.71. The van der Waals surface area contributed by atoms with Crippen molar-refractivity contribution in [3.63, 3.8) is 0 Å². The Morgan fingerprint density at radius 1 is 1.20 bits per heavy atom. The molecule has 2 rings (SSSR count). The third kappa shape index (κ3) is 3.58. The zero-order valence-electron chi connectivity index (χ0n) is 11.4. The smallest absolute Gasteiger partial charge is 0.259 e. The van der Waals surface area contributed by atoms with Crippen LogP contribution in [0.25, 0.3) is 0 Å². The van der Waals surface area contributed by atoms with E-state index in [0.29, 0.717) is 17.3 Å². The molecule has 0 spiro atoms. The maximum atomic E-state index is 12.6. The molecular formula is C16H17ClN2O. The molecule has 3 nitrogen and oxygen atoms in total. The highest BCUT2D eigenvalue weighted by molar-refractivity contribution is 6.29. The molecule has 0 unspecified atom stereocenters. The van der Waals surface area contributed by atoms with E-state index in [-0.39, 0.29) is 5.91 Å². The molecule has 0 bridgehead atoms. The summed E-state index contributed by atoms with van der Waals surface area (Å²) in [6.07, 6.45) is 3.52. The lowest BCUT2D eigenvalue weighted by Gasteiger charge is -2.22. The van der Waals surface area contributed by atoms with Crippen molar-refractivity contribution in [2.75, 3.05) is 11.4 Å². The van der Waals surface area contributed by atoms with Crippen molar-refractivity contribution in [1.29, 1.82) is 0 Å². The summed E-state index contributed by atoms with van der Waals surface area (Å²) in [4.78, 5) is 18.4. The molecular weight excluding hydrogens is 272 g/mol. The van der Waals surface area contributed by atoms with Crippen molar-refractivity contribution in [2.24, 2.45) is 0 Å². The SMILES string of the molecule is CCCCN(C(=O)c1ccc(Cl)nc1)c1ccccc1. The van der Waals surface area contributed by atoms with Gasteiger partial charge in [-0.2, -0.15) is 0 Å². The van der Waals surface area contributed by atoms with Crippen molar-refractivity contribution in [3.8, 4) is 0 Å². The number of para-hydroxylation sites is 1. The maximum absolute atomic E-state index is 12.6. The predicted molar refractivity (Wildman–Crippen MR) is 82.3 cm³/mol. The molecule has 1 aromatic carbocycles. The lowest BCUT2D eigenvalue weighted by Crippen LogP contribution is -2.31. The number of anilines is 1. The van der Waals surface area contributed by atoms with Crippen LogP contribution in [0.4, 0.5) is 5.69 Å². The molecule has 0 saturated carbocycles. The fraction of sp³-hybridized carbons (Fsp3) is 0.250. The Balaban J connectivity index is 2.26. The number of carbonyl (C=O) groups excluding carboxylic acids is 1. The average molecular weight is 289 g/mol. The van der Waals surface area contributed by atoms with Gasteiger partial charge in [-0.05, 0) is 30.7 Å². The number of amides is 1. The summed E-state index contributed by atoms with van der Waals surface area (Å²) < 4.78 is 0. The second-order valence-corrected chi connectivity index (χ2v) is 4.90. The minimum Gasteiger partial charge on any atom is -0.308 e. The molecule has 1 aromatic heterocycles. The highest BCUT2D eigenvalue weighted by Gasteiger charge is 2.17. The number of carbonyl (C=O) groups is 1. The van der Waals surface area contributed by atoms with Gasteiger partial charge in [0.25, 0.3) is 5.91 Å². The highest BCUT2D eigenvalue weighted by Crippen LogP contribution is 2.18. The Morgan fingerprint density at radius 2 is 1.95 bits per heavy atom. The quantitative estimate of drug-likeness (QED) is 0.773. The van der Waals surface area contributed by atoms with E-state index < -0.39 is 0 Å². The van der Waals surface area contributed by atoms with Gasteiger partial charge in [0.15, 0.2) is 0 Å². The van der Waals surface area contributed by atoms with Crippen LogP contribution in [0, 0.1) is 0 Å². The number of unbranched alkanes of at least 4 members (excludes halogenated alkanes) is 1. The summed E-state index contributed by atoms with van der Waals surface area (Å²) in [6.45, 7) is 2.81. The zero-order valence-corrected chi connectivity index (χ0v) is 12.2. The maximum Gasteiger partial charge on any atom is 0.259 e. The molecule has 104 valence electrons. The predicted octanol–water partition coefficient (Wildman–Crippen LogP) is 4.18. The molecule has 0 atom stereocenters. The summed E-state index contributed by atoms with van der Waals surface area (Å²) in [5.41, 5.74) is 1.45. The Kier molecular flexibility index (Phi) is 5.13. The van der Waals surface area contributed by atoms with Crippen LogP contribution in [0.2, 0.25) is 5.15 Å². The lowest BCUT2D eigenvalue weighted by atomic mass is 10.2. The summed E-state index contributed by atoms with van der Waals surface area (Å²) in [5, 5.41) is 0.390. The van der Waals surface area contributed by atoms with Crippen LogP contribution < -0.4 is 4.90 Å². The number of benzene rings is 1. The van der Waals surface area contributed by atoms with Gasteiger partial charge >= 0.3 is 0 Å². The number of aromatic nitrogens is 1. The number of nitrogens with zero attached hydrogens (tertiary/aromatic N) is 2. The minimum atomic E-state index is -0.0474. The minimum absolute atomic E-state index is 0.0474. The standard InChI is InChI=1S/C16H17ClN2O/c1-2-3-11-19(14-7-5-4-6-8-14)16(20)13-9-10-15(17)18-12-13/h4-10,12H,2-3,11H2,1H3. The zero-order chi connectivity index (χ0) is 14.4. The van der Waals surface area contributed by atoms with Crippen LogP contribution in [0.5, 0.6) is 0 Å². The van der Waals surface area contributed by atoms with Crippen LogP contribution in [-0.2, 0) is 0 Å². The molecule has 0 aliphatic heterocycles. The van der Waals surface area contributed by atoms with E-state index in [1.54, 1.807) is 17.0 Å². The fourth-order valence-corrected chi connectivity index (χ4v) is 2.04. The molecule has 0 radical (unpaired) electrons. The van der Waals surface area contributed by atoms with E-state index in [4.69, 9.17) is 11.6 Å². The molecule has 0 saturated heterocycles. The first-order valence-corrected chi connectivity index (χ1v) is 7.08. The number of hydrogen-bond acceptors (Lipinski definition) is 2. The Morgan fingerprint density at radius 3 is 2.55 bits per heavy atom. The van der Waals surface area contributed by atoms with E-state index in [1.807, 2.05) is 30.3 Å². The number of pyridine rings is 1. The van der Waals surface area contributed by atoms with Crippen molar-refractivity contribution < 1.29 is 4.79 Å². The highest BCUT2D eigenvalue weighted by atomic mass is 35.5. The van der Waals surface area contributed by atoms with Crippen LogP contribution in [0.1, 0.15) is 30.1 Å². The van der Waals surface area contributed by atoms with Gasteiger partial charge in [0, 0.05) is 18.4 Å². The van der Waals surface area contributed by atoms with E-state index in [0.717, 1.165) is 18.5 Å². The number of hydrogen-bond donors (Lipinski definition) is 0. The van der Waals surface area contributed by atoms with Gasteiger partial charge in [0.05, 0.1) is 5.56 Å². The van der Waals surface area contributed by atoms with E-state index >= 15 is 0 Å². The summed E-state index contributed by atoms with van der Waals surface area (Å²) >= 11 is 5.76. The van der Waals surface area contributed by atoms with Gasteiger partial charge in [0.2, 0.25) is 0 Å². The van der Waals surface area contributed by atoms with Gasteiger partial charge in [0.1, 0.15) is 5.15 Å². The Labute approximate surface area is 124 Å². The second kappa shape index (κ2) is 7.06. The summed E-state index contributed by atoms with van der Waals surface area (Å²) in [7, 11) is 0. The third-order valence-corrected chi connectivity index (χ3v) is 3.25. The number of rotatable bonds is 5. The molecule has 0 fully saturated rings. The first kappa shape index (κ1) is 14.5. The van der Waals surface area contributed by atoms with Crippen molar-refractivity contribution in [3.05, 3.63) is 59.4 Å². The van der Waals surface area contributed by atoms with Crippen molar-refractivity contribution in [1.82, 2.24) is 4.98 Å². The van der Waals surface area contributed by atoms with Crippen molar-refractivity contribution >= 4 is 23.2 Å². The molecule has 2 aromatic rings. The van der Waals surface area contributed by atoms with Gasteiger partial charge in [-0.3, -0.25) is 4.79 Å². The van der Waals surface area contributed by atoms with Crippen LogP contribution in [0.15, 0.2) is 48.7 Å². The number of halogens is 1. The lowest BCUT2D eigenvalue weighted by molar-refractivity contribution is 0.0986. The topological polar surface area (TPSA) is 33.2 Å². The second-order valence-electron chi connectivity index (χ2n) is 4.52. The molecule has 0 N–H and O–H groups in total. The van der Waals surface area contributed by atoms with Crippen LogP contribution >= 0.6 is 11.6 Å². The Bertz CT molecular complexity index is 554. The van der Waals surface area contributed by atoms with Gasteiger partial charge < -0.3 is 4.90 Å². The van der Waals surface area contributed by atoms with Gasteiger partial charge in [-0.1, -0.05) is 43.1 Å². The van der Waals surface area contributed by atoms with Crippen LogP contribution in [-0.4, -0.2) is 17.4 Å². The summed E-state index contributed by atoms with van der Waals surface area (Å²) in [5.74, 6) is -0.0474. The molecule has 0 aliphatic carbocycles. The fourth-order valence-electron chi connectivity index (χ4n) is 1.93.